The van der Waals surface area contributed by atoms with Crippen LogP contribution >= 0.6 is 0 Å². The molecule has 0 aromatic heterocycles. The first-order valence-corrected chi connectivity index (χ1v) is 8.06. The quantitative estimate of drug-likeness (QED) is 0.226. The fraction of sp³-hybridized carbons (Fsp3) is 0.929. The Balaban J connectivity index is 2.22. The lowest BCUT2D eigenvalue weighted by Gasteiger charge is -2.46. The zero-order chi connectivity index (χ0) is 19.6. The van der Waals surface area contributed by atoms with E-state index in [0.29, 0.717) is 0 Å². The van der Waals surface area contributed by atoms with E-state index in [9.17, 15) is 40.5 Å². The molecule has 2 heterocycles. The van der Waals surface area contributed by atoms with Crippen LogP contribution in [0.1, 0.15) is 6.92 Å². The monoisotopic (exact) mass is 383 g/mol. The van der Waals surface area contributed by atoms with Crippen molar-refractivity contribution in [3.05, 3.63) is 0 Å². The molecule has 2 fully saturated rings. The molecule has 2 aliphatic heterocycles. The van der Waals surface area contributed by atoms with Gasteiger partial charge in [0, 0.05) is 6.92 Å². The zero-order valence-electron chi connectivity index (χ0n) is 14.0. The highest BCUT2D eigenvalue weighted by molar-refractivity contribution is 5.73. The van der Waals surface area contributed by atoms with Crippen molar-refractivity contribution >= 4 is 5.91 Å². The van der Waals surface area contributed by atoms with Crippen molar-refractivity contribution in [2.24, 2.45) is 0 Å². The van der Waals surface area contributed by atoms with E-state index < -0.39 is 80.5 Å². The lowest BCUT2D eigenvalue weighted by Crippen LogP contribution is -2.67. The number of amides is 1. The van der Waals surface area contributed by atoms with Crippen LogP contribution in [0.15, 0.2) is 0 Å². The van der Waals surface area contributed by atoms with E-state index in [1.165, 1.54) is 0 Å². The topological polar surface area (TPSA) is 198 Å². The standard InChI is InChI=1S/C14H25NO11/c1-4(18)15-7-10(21)8(19)5(2-16)25-14(7)26-12-9(20)6(3-17)24-13(23)11(12)22/h5-14,16-17,19-23H,2-3H2,1H3,(H,15,18)/t5-,6-,7+,8-,9+,10-,11-,12+,13+,14+/m1/s1. The third kappa shape index (κ3) is 4.31. The maximum Gasteiger partial charge on any atom is 0.217 e. The summed E-state index contributed by atoms with van der Waals surface area (Å²) in [7, 11) is 0. The Morgan fingerprint density at radius 2 is 1.50 bits per heavy atom. The minimum absolute atomic E-state index is 0.581. The van der Waals surface area contributed by atoms with Crippen LogP contribution in [0.5, 0.6) is 0 Å². The SMILES string of the molecule is CC(=O)N[C@@H]1[C@H](O[C@@H]2[C@@H](O)[C@@H](O)O[C@H](CO)[C@@H]2O)O[C@H](CO)[C@@H](O)[C@@H]1O. The van der Waals surface area contributed by atoms with Crippen LogP contribution in [0, 0.1) is 0 Å². The molecule has 0 saturated carbocycles. The van der Waals surface area contributed by atoms with Gasteiger partial charge in [-0.25, -0.2) is 0 Å². The number of nitrogens with one attached hydrogen (secondary N) is 1. The lowest BCUT2D eigenvalue weighted by molar-refractivity contribution is -0.341. The first-order chi connectivity index (χ1) is 12.2. The van der Waals surface area contributed by atoms with Crippen LogP contribution in [0.25, 0.3) is 0 Å². The maximum absolute atomic E-state index is 11.4. The lowest BCUT2D eigenvalue weighted by atomic mass is 9.95. The van der Waals surface area contributed by atoms with Gasteiger partial charge in [0.1, 0.15) is 48.8 Å². The van der Waals surface area contributed by atoms with Gasteiger partial charge in [0.15, 0.2) is 12.6 Å². The molecule has 2 saturated heterocycles. The molecule has 12 nitrogen and oxygen atoms in total. The predicted molar refractivity (Wildman–Crippen MR) is 80.2 cm³/mol. The van der Waals surface area contributed by atoms with E-state index in [1.54, 1.807) is 0 Å². The number of rotatable bonds is 5. The summed E-state index contributed by atoms with van der Waals surface area (Å²) in [6.45, 7) is -0.199. The molecule has 152 valence electrons. The summed E-state index contributed by atoms with van der Waals surface area (Å²) in [5, 5.41) is 70.8. The van der Waals surface area contributed by atoms with E-state index in [4.69, 9.17) is 14.2 Å². The number of aliphatic hydroxyl groups excluding tert-OH is 7. The van der Waals surface area contributed by atoms with Gasteiger partial charge in [-0.15, -0.1) is 0 Å². The highest BCUT2D eigenvalue weighted by atomic mass is 16.7. The van der Waals surface area contributed by atoms with Crippen LogP contribution in [0.2, 0.25) is 0 Å². The summed E-state index contributed by atoms with van der Waals surface area (Å²) in [6, 6.07) is -1.29. The number of hydrogen-bond acceptors (Lipinski definition) is 11. The zero-order valence-corrected chi connectivity index (χ0v) is 14.0. The molecule has 0 unspecified atom stereocenters. The van der Waals surface area contributed by atoms with E-state index in [1.807, 2.05) is 0 Å². The molecule has 10 atom stereocenters. The predicted octanol–water partition coefficient (Wildman–Crippen LogP) is -5.25. The van der Waals surface area contributed by atoms with Gasteiger partial charge < -0.3 is 55.3 Å². The largest absolute Gasteiger partial charge is 0.394 e. The molecule has 0 radical (unpaired) electrons. The van der Waals surface area contributed by atoms with Crippen molar-refractivity contribution in [2.75, 3.05) is 13.2 Å². The second-order valence-corrected chi connectivity index (χ2v) is 6.26. The number of aliphatic hydroxyl groups is 7. The Hall–Kier alpha value is -0.930. The minimum atomic E-state index is -1.77. The Bertz CT molecular complexity index is 480. The second kappa shape index (κ2) is 8.84. The van der Waals surface area contributed by atoms with Crippen LogP contribution in [0.4, 0.5) is 0 Å². The average molecular weight is 383 g/mol. The second-order valence-electron chi connectivity index (χ2n) is 6.26. The molecule has 2 aliphatic rings. The molecule has 2 rings (SSSR count). The summed E-state index contributed by atoms with van der Waals surface area (Å²) in [5.74, 6) is -0.581. The van der Waals surface area contributed by atoms with Crippen LogP contribution in [-0.4, -0.2) is 116 Å². The molecule has 0 bridgehead atoms. The van der Waals surface area contributed by atoms with E-state index in [2.05, 4.69) is 5.32 Å². The normalized spacial score (nSPS) is 46.8. The number of carbonyl (C=O) groups excluding carboxylic acids is 1. The van der Waals surface area contributed by atoms with Gasteiger partial charge in [-0.05, 0) is 0 Å². The van der Waals surface area contributed by atoms with E-state index in [0.717, 1.165) is 6.92 Å². The van der Waals surface area contributed by atoms with Crippen molar-refractivity contribution in [3.63, 3.8) is 0 Å². The van der Waals surface area contributed by atoms with Crippen molar-refractivity contribution in [1.29, 1.82) is 0 Å². The Kier molecular flexibility index (Phi) is 7.27. The summed E-state index contributed by atoms with van der Waals surface area (Å²) in [5.41, 5.74) is 0. The van der Waals surface area contributed by atoms with Crippen molar-refractivity contribution in [1.82, 2.24) is 5.32 Å². The van der Waals surface area contributed by atoms with Gasteiger partial charge in [0.2, 0.25) is 5.91 Å². The molecule has 1 amide bonds. The number of ether oxygens (including phenoxy) is 3. The fourth-order valence-electron chi connectivity index (χ4n) is 2.97. The van der Waals surface area contributed by atoms with Crippen LogP contribution in [-0.2, 0) is 19.0 Å². The third-order valence-corrected chi connectivity index (χ3v) is 4.38. The minimum Gasteiger partial charge on any atom is -0.394 e. The van der Waals surface area contributed by atoms with Gasteiger partial charge in [-0.1, -0.05) is 0 Å². The molecule has 26 heavy (non-hydrogen) atoms. The van der Waals surface area contributed by atoms with Gasteiger partial charge >= 0.3 is 0 Å². The highest BCUT2D eigenvalue weighted by Gasteiger charge is 2.50. The van der Waals surface area contributed by atoms with Gasteiger partial charge in [0.05, 0.1) is 13.2 Å². The summed E-state index contributed by atoms with van der Waals surface area (Å²) in [6.07, 6.45) is -13.7. The average Bonchev–Trinajstić information content (AvgIpc) is 2.60. The molecular formula is C14H25NO11. The smallest absolute Gasteiger partial charge is 0.217 e. The summed E-state index contributed by atoms with van der Waals surface area (Å²) >= 11 is 0. The van der Waals surface area contributed by atoms with Crippen molar-refractivity contribution in [2.45, 2.75) is 68.3 Å². The van der Waals surface area contributed by atoms with Crippen molar-refractivity contribution < 1.29 is 54.8 Å². The van der Waals surface area contributed by atoms with Crippen LogP contribution < -0.4 is 5.32 Å². The fourth-order valence-corrected chi connectivity index (χ4v) is 2.97. The first kappa shape index (κ1) is 21.4. The van der Waals surface area contributed by atoms with E-state index >= 15 is 0 Å². The molecule has 0 aromatic rings. The highest BCUT2D eigenvalue weighted by Crippen LogP contribution is 2.28. The Morgan fingerprint density at radius 3 is 2.04 bits per heavy atom. The van der Waals surface area contributed by atoms with Gasteiger partial charge in [-0.3, -0.25) is 4.79 Å². The summed E-state index contributed by atoms with van der Waals surface area (Å²) in [4.78, 5) is 11.4. The molecule has 0 aliphatic carbocycles. The number of hydrogen-bond donors (Lipinski definition) is 8. The molecule has 12 heteroatoms. The van der Waals surface area contributed by atoms with Crippen molar-refractivity contribution in [3.8, 4) is 0 Å². The molecule has 0 aromatic carbocycles. The number of carbonyl (C=O) groups is 1. The molecular weight excluding hydrogens is 358 g/mol. The summed E-state index contributed by atoms with van der Waals surface area (Å²) < 4.78 is 15.6. The first-order valence-electron chi connectivity index (χ1n) is 8.06. The van der Waals surface area contributed by atoms with E-state index in [-0.39, 0.29) is 0 Å². The maximum atomic E-state index is 11.4. The Labute approximate surface area is 148 Å². The van der Waals surface area contributed by atoms with Crippen LogP contribution in [0.3, 0.4) is 0 Å². The molecule has 0 spiro atoms. The third-order valence-electron chi connectivity index (χ3n) is 4.38. The Morgan fingerprint density at radius 1 is 0.923 bits per heavy atom. The van der Waals surface area contributed by atoms with Gasteiger partial charge in [0.25, 0.3) is 0 Å². The molecule has 8 N–H and O–H groups in total. The van der Waals surface area contributed by atoms with Gasteiger partial charge in [-0.2, -0.15) is 0 Å².